The van der Waals surface area contributed by atoms with E-state index in [1.807, 2.05) is 70.2 Å². The summed E-state index contributed by atoms with van der Waals surface area (Å²) in [6.45, 7) is 11.9. The number of amides is 2. The monoisotopic (exact) mass is 529 g/mol. The predicted octanol–water partition coefficient (Wildman–Crippen LogP) is 6.26. The lowest BCUT2D eigenvalue weighted by molar-refractivity contribution is 0.0580. The number of piperidine rings is 1. The summed E-state index contributed by atoms with van der Waals surface area (Å²) in [5.74, 6) is 1.22. The fourth-order valence-corrected chi connectivity index (χ4v) is 4.52. The maximum Gasteiger partial charge on any atom is 0.414 e. The van der Waals surface area contributed by atoms with Crippen LogP contribution in [0.5, 0.6) is 0 Å². The van der Waals surface area contributed by atoms with E-state index in [4.69, 9.17) is 9.72 Å². The van der Waals surface area contributed by atoms with E-state index in [1.54, 1.807) is 23.2 Å². The van der Waals surface area contributed by atoms with Crippen molar-refractivity contribution >= 4 is 29.2 Å². The minimum atomic E-state index is -0.625. The van der Waals surface area contributed by atoms with Crippen LogP contribution in [0.4, 0.5) is 22.0 Å². The number of pyridine rings is 2. The lowest BCUT2D eigenvalue weighted by Gasteiger charge is -2.32. The number of nitrogens with zero attached hydrogens (tertiary/aromatic N) is 4. The number of carbonyl (C=O) groups is 2. The number of aromatic nitrogens is 2. The first kappa shape index (κ1) is 28.1. The van der Waals surface area contributed by atoms with Crippen molar-refractivity contribution < 1.29 is 14.3 Å². The molecular formula is C31H39N5O3. The van der Waals surface area contributed by atoms with Crippen LogP contribution in [0.15, 0.2) is 60.8 Å². The first-order valence-electron chi connectivity index (χ1n) is 13.6. The number of aryl methyl sites for hydroxylation is 1. The van der Waals surface area contributed by atoms with E-state index >= 15 is 0 Å². The molecule has 0 aliphatic carbocycles. The Kier molecular flexibility index (Phi) is 8.84. The van der Waals surface area contributed by atoms with Gasteiger partial charge in [0.1, 0.15) is 11.4 Å². The molecule has 2 amide bonds. The van der Waals surface area contributed by atoms with Crippen molar-refractivity contribution in [1.29, 1.82) is 0 Å². The summed E-state index contributed by atoms with van der Waals surface area (Å²) in [6.07, 6.45) is 4.07. The molecule has 1 saturated heterocycles. The van der Waals surface area contributed by atoms with Crippen LogP contribution in [0.3, 0.4) is 0 Å². The van der Waals surface area contributed by atoms with Gasteiger partial charge in [-0.15, -0.1) is 0 Å². The second-order valence-electron chi connectivity index (χ2n) is 11.2. The Balaban J connectivity index is 1.50. The second-order valence-corrected chi connectivity index (χ2v) is 11.2. The van der Waals surface area contributed by atoms with Crippen LogP contribution in [0.25, 0.3) is 0 Å². The molecule has 2 aromatic heterocycles. The molecule has 1 aliphatic rings. The van der Waals surface area contributed by atoms with Gasteiger partial charge in [0.15, 0.2) is 0 Å². The van der Waals surface area contributed by atoms with Crippen LogP contribution in [0.2, 0.25) is 0 Å². The van der Waals surface area contributed by atoms with Crippen molar-refractivity contribution in [2.75, 3.05) is 34.8 Å². The Labute approximate surface area is 231 Å². The van der Waals surface area contributed by atoms with E-state index in [0.29, 0.717) is 35.8 Å². The van der Waals surface area contributed by atoms with Crippen LogP contribution in [-0.2, 0) is 11.2 Å². The summed E-state index contributed by atoms with van der Waals surface area (Å²) >= 11 is 0. The molecular weight excluding hydrogens is 490 g/mol. The number of hydrogen-bond acceptors (Lipinski definition) is 6. The van der Waals surface area contributed by atoms with E-state index in [2.05, 4.69) is 22.1 Å². The van der Waals surface area contributed by atoms with E-state index < -0.39 is 11.7 Å². The number of hydrogen-bond donors (Lipinski definition) is 1. The van der Waals surface area contributed by atoms with Crippen LogP contribution >= 0.6 is 0 Å². The summed E-state index contributed by atoms with van der Waals surface area (Å²) in [7, 11) is 0. The molecule has 8 nitrogen and oxygen atoms in total. The van der Waals surface area contributed by atoms with Gasteiger partial charge in [0.05, 0.1) is 5.56 Å². The molecule has 1 aliphatic heterocycles. The summed E-state index contributed by atoms with van der Waals surface area (Å²) in [5.41, 5.74) is 3.03. The van der Waals surface area contributed by atoms with Gasteiger partial charge in [-0.3, -0.25) is 14.7 Å². The summed E-state index contributed by atoms with van der Waals surface area (Å²) in [4.78, 5) is 39.3. The zero-order valence-corrected chi connectivity index (χ0v) is 23.6. The molecule has 8 heteroatoms. The van der Waals surface area contributed by atoms with E-state index in [-0.39, 0.29) is 5.91 Å². The maximum atomic E-state index is 13.3. The zero-order chi connectivity index (χ0) is 28.0. The van der Waals surface area contributed by atoms with Crippen LogP contribution in [-0.4, -0.2) is 47.2 Å². The number of nitrogens with one attached hydrogen (secondary N) is 1. The molecule has 1 N–H and O–H groups in total. The highest BCUT2D eigenvalue weighted by Crippen LogP contribution is 2.27. The normalized spacial score (nSPS) is 14.1. The first-order chi connectivity index (χ1) is 18.6. The van der Waals surface area contributed by atoms with E-state index in [1.165, 1.54) is 0 Å². The molecule has 1 fully saturated rings. The maximum absolute atomic E-state index is 13.3. The molecule has 0 saturated carbocycles. The minimum Gasteiger partial charge on any atom is -0.443 e. The van der Waals surface area contributed by atoms with Crippen molar-refractivity contribution in [3.05, 3.63) is 77.7 Å². The predicted molar refractivity (Wildman–Crippen MR) is 156 cm³/mol. The second kappa shape index (κ2) is 12.3. The molecule has 3 heterocycles. The van der Waals surface area contributed by atoms with Crippen molar-refractivity contribution in [2.24, 2.45) is 5.92 Å². The number of benzene rings is 1. The molecule has 4 rings (SSSR count). The summed E-state index contributed by atoms with van der Waals surface area (Å²) < 4.78 is 5.67. The van der Waals surface area contributed by atoms with Crippen LogP contribution in [0.1, 0.15) is 62.3 Å². The lowest BCUT2D eigenvalue weighted by atomic mass is 9.99. The Morgan fingerprint density at radius 1 is 1.05 bits per heavy atom. The fraction of sp³-hybridized carbons (Fsp3) is 0.419. The molecule has 0 bridgehead atoms. The Morgan fingerprint density at radius 3 is 2.41 bits per heavy atom. The van der Waals surface area contributed by atoms with Gasteiger partial charge < -0.3 is 15.0 Å². The SMILES string of the molecule is Cc1ccc(C(=O)Nc2ccc(N(CCc3ccccn3)C(=O)OC(C)(C)C)cc2)c(N2CCC(C)CC2)n1. The van der Waals surface area contributed by atoms with Crippen molar-refractivity contribution in [1.82, 2.24) is 9.97 Å². The van der Waals surface area contributed by atoms with Gasteiger partial charge in [-0.25, -0.2) is 9.78 Å². The third-order valence-corrected chi connectivity index (χ3v) is 6.71. The van der Waals surface area contributed by atoms with Gasteiger partial charge in [-0.05, 0) is 95.0 Å². The summed E-state index contributed by atoms with van der Waals surface area (Å²) in [6, 6.07) is 16.7. The van der Waals surface area contributed by atoms with Crippen LogP contribution in [0, 0.1) is 12.8 Å². The van der Waals surface area contributed by atoms with Crippen molar-refractivity contribution in [2.45, 2.75) is 59.5 Å². The smallest absolute Gasteiger partial charge is 0.414 e. The molecule has 0 atom stereocenters. The fourth-order valence-electron chi connectivity index (χ4n) is 4.52. The van der Waals surface area contributed by atoms with Gasteiger partial charge in [-0.2, -0.15) is 0 Å². The number of ether oxygens (including phenoxy) is 1. The van der Waals surface area contributed by atoms with Crippen molar-refractivity contribution in [3.8, 4) is 0 Å². The highest BCUT2D eigenvalue weighted by molar-refractivity contribution is 6.07. The average Bonchev–Trinajstić information content (AvgIpc) is 2.89. The van der Waals surface area contributed by atoms with Crippen molar-refractivity contribution in [3.63, 3.8) is 0 Å². The largest absolute Gasteiger partial charge is 0.443 e. The molecule has 39 heavy (non-hydrogen) atoms. The number of rotatable bonds is 7. The van der Waals surface area contributed by atoms with Crippen LogP contribution < -0.4 is 15.1 Å². The van der Waals surface area contributed by atoms with Gasteiger partial charge in [-0.1, -0.05) is 13.0 Å². The molecule has 206 valence electrons. The number of carbonyl (C=O) groups excluding carboxylic acids is 2. The molecule has 0 spiro atoms. The quantitative estimate of drug-likeness (QED) is 0.389. The third-order valence-electron chi connectivity index (χ3n) is 6.71. The Bertz CT molecular complexity index is 1260. The highest BCUT2D eigenvalue weighted by Gasteiger charge is 2.25. The summed E-state index contributed by atoms with van der Waals surface area (Å²) in [5, 5.41) is 3.01. The van der Waals surface area contributed by atoms with Gasteiger partial charge in [0.2, 0.25) is 0 Å². The minimum absolute atomic E-state index is 0.206. The molecule has 3 aromatic rings. The van der Waals surface area contributed by atoms with E-state index in [9.17, 15) is 9.59 Å². The highest BCUT2D eigenvalue weighted by atomic mass is 16.6. The number of anilines is 3. The average molecular weight is 530 g/mol. The molecule has 1 aromatic carbocycles. The topological polar surface area (TPSA) is 87.7 Å². The Morgan fingerprint density at radius 2 is 1.77 bits per heavy atom. The van der Waals surface area contributed by atoms with E-state index in [0.717, 1.165) is 43.1 Å². The molecule has 0 unspecified atom stereocenters. The third kappa shape index (κ3) is 7.78. The lowest BCUT2D eigenvalue weighted by Crippen LogP contribution is -2.38. The molecule has 0 radical (unpaired) electrons. The van der Waals surface area contributed by atoms with Gasteiger partial charge >= 0.3 is 6.09 Å². The first-order valence-corrected chi connectivity index (χ1v) is 13.6. The van der Waals surface area contributed by atoms with Gasteiger partial charge in [0.25, 0.3) is 5.91 Å². The zero-order valence-electron chi connectivity index (χ0n) is 23.6. The standard InChI is InChI=1S/C31H39N5O3/c1-22-15-19-35(20-16-22)28-27(14-9-23(2)33-28)29(37)34-25-10-12-26(13-11-25)36(30(38)39-31(3,4)5)21-17-24-8-6-7-18-32-24/h6-14,18,22H,15-17,19-21H2,1-5H3,(H,34,37). The van der Waals surface area contributed by atoms with Gasteiger partial charge in [0, 0.05) is 55.0 Å². The Hall–Kier alpha value is -3.94.